The number of nitrogens with zero attached hydrogens (tertiary/aromatic N) is 1. The fraction of sp³-hybridized carbons (Fsp3) is 0.579. The average molecular weight is 361 g/mol. The lowest BCUT2D eigenvalue weighted by Crippen LogP contribution is -2.44. The Labute approximate surface area is 154 Å². The van der Waals surface area contributed by atoms with Gasteiger partial charge in [0.1, 0.15) is 12.4 Å². The number of nitrogens with one attached hydrogen (secondary N) is 2. The van der Waals surface area contributed by atoms with E-state index in [2.05, 4.69) is 10.6 Å². The highest BCUT2D eigenvalue weighted by Gasteiger charge is 2.22. The Balaban J connectivity index is 1.39. The van der Waals surface area contributed by atoms with Gasteiger partial charge in [0.15, 0.2) is 0 Å². The molecule has 1 aromatic rings. The molecule has 0 bridgehead atoms. The Morgan fingerprint density at radius 3 is 2.81 bits per heavy atom. The van der Waals surface area contributed by atoms with Gasteiger partial charge in [0.2, 0.25) is 5.91 Å². The minimum absolute atomic E-state index is 0.105. The zero-order chi connectivity index (χ0) is 18.4. The molecule has 3 amide bonds. The largest absolute Gasteiger partial charge is 0.491 e. The Morgan fingerprint density at radius 1 is 1.35 bits per heavy atom. The smallest absolute Gasteiger partial charge is 0.319 e. The number of hydrogen-bond donors (Lipinski definition) is 2. The van der Waals surface area contributed by atoms with Crippen LogP contribution in [0.3, 0.4) is 0 Å². The molecule has 0 radical (unpaired) electrons. The average Bonchev–Trinajstić information content (AvgIpc) is 3.26. The molecule has 1 aromatic carbocycles. The van der Waals surface area contributed by atoms with Crippen molar-refractivity contribution in [2.75, 3.05) is 31.6 Å². The van der Waals surface area contributed by atoms with E-state index in [9.17, 15) is 9.59 Å². The highest BCUT2D eigenvalue weighted by Crippen LogP contribution is 2.18. The fourth-order valence-corrected chi connectivity index (χ4v) is 3.26. The van der Waals surface area contributed by atoms with Gasteiger partial charge in [0.05, 0.1) is 6.10 Å². The van der Waals surface area contributed by atoms with Crippen LogP contribution in [0.1, 0.15) is 32.6 Å². The second-order valence-electron chi connectivity index (χ2n) is 6.91. The minimum atomic E-state index is -0.280. The number of ether oxygens (including phenoxy) is 2. The maximum absolute atomic E-state index is 12.1. The number of rotatable bonds is 7. The molecule has 0 spiro atoms. The van der Waals surface area contributed by atoms with Gasteiger partial charge >= 0.3 is 6.03 Å². The van der Waals surface area contributed by atoms with Crippen LogP contribution in [0.2, 0.25) is 0 Å². The first kappa shape index (κ1) is 18.5. The van der Waals surface area contributed by atoms with Crippen molar-refractivity contribution >= 4 is 17.6 Å². The summed E-state index contributed by atoms with van der Waals surface area (Å²) in [6.07, 6.45) is 3.83. The summed E-state index contributed by atoms with van der Waals surface area (Å²) in [5.74, 6) is 0.921. The molecule has 2 aliphatic rings. The summed E-state index contributed by atoms with van der Waals surface area (Å²) < 4.78 is 11.2. The van der Waals surface area contributed by atoms with Crippen LogP contribution < -0.4 is 15.4 Å². The maximum Gasteiger partial charge on any atom is 0.319 e. The molecule has 2 aliphatic heterocycles. The van der Waals surface area contributed by atoms with Crippen molar-refractivity contribution in [2.45, 2.75) is 44.8 Å². The quantitative estimate of drug-likeness (QED) is 0.781. The molecular formula is C19H27N3O4. The highest BCUT2D eigenvalue weighted by molar-refractivity contribution is 5.89. The van der Waals surface area contributed by atoms with Crippen LogP contribution in [0.4, 0.5) is 10.5 Å². The van der Waals surface area contributed by atoms with Crippen molar-refractivity contribution in [1.29, 1.82) is 0 Å². The summed E-state index contributed by atoms with van der Waals surface area (Å²) >= 11 is 0. The molecule has 0 saturated carbocycles. The van der Waals surface area contributed by atoms with Crippen molar-refractivity contribution < 1.29 is 19.1 Å². The number of likely N-dealkylation sites (tertiary alicyclic amines) is 1. The molecule has 2 atom stereocenters. The van der Waals surface area contributed by atoms with E-state index in [1.54, 1.807) is 17.0 Å². The van der Waals surface area contributed by atoms with Gasteiger partial charge in [-0.3, -0.25) is 4.79 Å². The normalized spacial score (nSPS) is 20.9. The molecule has 2 N–H and O–H groups in total. The van der Waals surface area contributed by atoms with Crippen LogP contribution in [0.25, 0.3) is 0 Å². The number of carbonyl (C=O) groups excluding carboxylic acids is 2. The van der Waals surface area contributed by atoms with E-state index in [1.807, 2.05) is 19.1 Å². The molecule has 2 fully saturated rings. The Kier molecular flexibility index (Phi) is 6.33. The van der Waals surface area contributed by atoms with Crippen LogP contribution in [0.15, 0.2) is 24.3 Å². The monoisotopic (exact) mass is 361 g/mol. The number of benzene rings is 1. The van der Waals surface area contributed by atoms with Crippen molar-refractivity contribution in [2.24, 2.45) is 0 Å². The number of carbonyl (C=O) groups is 2. The third kappa shape index (κ3) is 5.36. The number of amides is 3. The van der Waals surface area contributed by atoms with E-state index in [-0.39, 0.29) is 24.1 Å². The van der Waals surface area contributed by atoms with Crippen LogP contribution in [-0.4, -0.2) is 55.3 Å². The van der Waals surface area contributed by atoms with Gasteiger partial charge in [-0.15, -0.1) is 0 Å². The summed E-state index contributed by atoms with van der Waals surface area (Å²) in [5.41, 5.74) is 0.691. The van der Waals surface area contributed by atoms with E-state index >= 15 is 0 Å². The van der Waals surface area contributed by atoms with Crippen molar-refractivity contribution in [3.63, 3.8) is 0 Å². The van der Waals surface area contributed by atoms with Gasteiger partial charge in [-0.25, -0.2) is 4.79 Å². The lowest BCUT2D eigenvalue weighted by Gasteiger charge is -2.21. The first-order valence-electron chi connectivity index (χ1n) is 9.30. The van der Waals surface area contributed by atoms with Gasteiger partial charge in [-0.1, -0.05) is 0 Å². The van der Waals surface area contributed by atoms with Crippen molar-refractivity contribution in [3.8, 4) is 5.75 Å². The topological polar surface area (TPSA) is 79.9 Å². The van der Waals surface area contributed by atoms with E-state index in [0.717, 1.165) is 38.2 Å². The number of hydrogen-bond acceptors (Lipinski definition) is 4. The summed E-state index contributed by atoms with van der Waals surface area (Å²) in [6, 6.07) is 6.88. The van der Waals surface area contributed by atoms with Gasteiger partial charge < -0.3 is 25.0 Å². The summed E-state index contributed by atoms with van der Waals surface area (Å²) in [5, 5.41) is 5.66. The van der Waals surface area contributed by atoms with Crippen LogP contribution >= 0.6 is 0 Å². The molecule has 7 heteroatoms. The first-order valence-corrected chi connectivity index (χ1v) is 9.30. The Morgan fingerprint density at radius 2 is 2.15 bits per heavy atom. The Hall–Kier alpha value is -2.28. The standard InChI is InChI=1S/C19H27N3O4/c1-14(12-22-10-2-5-18(22)23)20-19(24)21-15-6-8-16(9-7-15)26-13-17-4-3-11-25-17/h6-9,14,17H,2-5,10-13H2,1H3,(H2,20,21,24)/t14-,17-/m0/s1. The highest BCUT2D eigenvalue weighted by atomic mass is 16.5. The predicted octanol–water partition coefficient (Wildman–Crippen LogP) is 2.38. The fourth-order valence-electron chi connectivity index (χ4n) is 3.26. The molecule has 2 saturated heterocycles. The third-order valence-electron chi connectivity index (χ3n) is 4.62. The predicted molar refractivity (Wildman–Crippen MR) is 98.3 cm³/mol. The van der Waals surface area contributed by atoms with Crippen LogP contribution in [0, 0.1) is 0 Å². The minimum Gasteiger partial charge on any atom is -0.491 e. The Bertz CT molecular complexity index is 614. The van der Waals surface area contributed by atoms with Gasteiger partial charge in [-0.2, -0.15) is 0 Å². The van der Waals surface area contributed by atoms with Gasteiger partial charge in [0.25, 0.3) is 0 Å². The SMILES string of the molecule is C[C@@H](CN1CCCC1=O)NC(=O)Nc1ccc(OC[C@@H]2CCCO2)cc1. The summed E-state index contributed by atoms with van der Waals surface area (Å²) in [4.78, 5) is 25.5. The molecule has 3 rings (SSSR count). The number of anilines is 1. The van der Waals surface area contributed by atoms with E-state index in [1.165, 1.54) is 0 Å². The van der Waals surface area contributed by atoms with Crippen molar-refractivity contribution in [1.82, 2.24) is 10.2 Å². The first-order chi connectivity index (χ1) is 12.6. The maximum atomic E-state index is 12.1. The molecular weight excluding hydrogens is 334 g/mol. The molecule has 0 unspecified atom stereocenters. The van der Waals surface area contributed by atoms with E-state index < -0.39 is 0 Å². The molecule has 142 valence electrons. The molecule has 2 heterocycles. The molecule has 7 nitrogen and oxygen atoms in total. The second kappa shape index (κ2) is 8.89. The zero-order valence-electron chi connectivity index (χ0n) is 15.2. The molecule has 26 heavy (non-hydrogen) atoms. The summed E-state index contributed by atoms with van der Waals surface area (Å²) in [6.45, 7) is 4.59. The lowest BCUT2D eigenvalue weighted by atomic mass is 10.2. The van der Waals surface area contributed by atoms with Crippen molar-refractivity contribution in [3.05, 3.63) is 24.3 Å². The summed E-state index contributed by atoms with van der Waals surface area (Å²) in [7, 11) is 0. The van der Waals surface area contributed by atoms with E-state index in [0.29, 0.717) is 25.3 Å². The second-order valence-corrected chi connectivity index (χ2v) is 6.91. The van der Waals surface area contributed by atoms with Crippen LogP contribution in [0.5, 0.6) is 5.75 Å². The lowest BCUT2D eigenvalue weighted by molar-refractivity contribution is -0.127. The van der Waals surface area contributed by atoms with Crippen LogP contribution in [-0.2, 0) is 9.53 Å². The van der Waals surface area contributed by atoms with E-state index in [4.69, 9.17) is 9.47 Å². The van der Waals surface area contributed by atoms with Gasteiger partial charge in [-0.05, 0) is 50.5 Å². The number of urea groups is 1. The third-order valence-corrected chi connectivity index (χ3v) is 4.62. The molecule has 0 aromatic heterocycles. The van der Waals surface area contributed by atoms with Gasteiger partial charge in [0, 0.05) is 37.8 Å². The zero-order valence-corrected chi connectivity index (χ0v) is 15.2. The molecule has 0 aliphatic carbocycles.